The van der Waals surface area contributed by atoms with Gasteiger partial charge in [-0.2, -0.15) is 0 Å². The molecule has 0 spiro atoms. The second-order valence-electron chi connectivity index (χ2n) is 9.03. The van der Waals surface area contributed by atoms with Gasteiger partial charge in [0.1, 0.15) is 11.6 Å². The Morgan fingerprint density at radius 2 is 1.81 bits per heavy atom. The first-order valence-corrected chi connectivity index (χ1v) is 11.9. The average Bonchev–Trinajstić information content (AvgIpc) is 3.23. The highest BCUT2D eigenvalue weighted by atomic mass is 16.2. The molecule has 0 aromatic carbocycles. The number of imidazole rings is 1. The minimum Gasteiger partial charge on any atom is -0.342 e. The van der Waals surface area contributed by atoms with Crippen molar-refractivity contribution in [3.63, 3.8) is 0 Å². The fourth-order valence-electron chi connectivity index (χ4n) is 4.77. The standard InChI is InChI=1S/C24H34N6O2/c1-18-21(24(32)29-11-4-3-5-12-29)16-26-23(27-18)20-8-6-14-30(17-20)22(31)9-7-13-28-15-10-25-19(28)2/h10,15-16,20H,3-9,11-14,17H2,1-2H3. The minimum atomic E-state index is 0.0438. The highest BCUT2D eigenvalue weighted by Crippen LogP contribution is 2.26. The fourth-order valence-corrected chi connectivity index (χ4v) is 4.77. The van der Waals surface area contributed by atoms with Gasteiger partial charge >= 0.3 is 0 Å². The summed E-state index contributed by atoms with van der Waals surface area (Å²) in [5, 5.41) is 0. The fraction of sp³-hybridized carbons (Fsp3) is 0.625. The van der Waals surface area contributed by atoms with Crippen LogP contribution in [0, 0.1) is 13.8 Å². The normalized spacial score (nSPS) is 19.2. The largest absolute Gasteiger partial charge is 0.342 e. The van der Waals surface area contributed by atoms with E-state index in [0.717, 1.165) is 75.6 Å². The Hall–Kier alpha value is -2.77. The molecule has 2 saturated heterocycles. The van der Waals surface area contributed by atoms with Gasteiger partial charge in [-0.05, 0) is 52.4 Å². The summed E-state index contributed by atoms with van der Waals surface area (Å²) < 4.78 is 2.08. The molecule has 2 amide bonds. The van der Waals surface area contributed by atoms with Gasteiger partial charge in [0.05, 0.1) is 11.3 Å². The molecule has 2 aliphatic rings. The van der Waals surface area contributed by atoms with Crippen LogP contribution in [0.1, 0.15) is 78.6 Å². The third-order valence-corrected chi connectivity index (χ3v) is 6.72. The van der Waals surface area contributed by atoms with Crippen LogP contribution >= 0.6 is 0 Å². The predicted molar refractivity (Wildman–Crippen MR) is 121 cm³/mol. The zero-order valence-corrected chi connectivity index (χ0v) is 19.3. The number of likely N-dealkylation sites (tertiary alicyclic amines) is 2. The number of aromatic nitrogens is 4. The van der Waals surface area contributed by atoms with Crippen molar-refractivity contribution < 1.29 is 9.59 Å². The van der Waals surface area contributed by atoms with E-state index in [9.17, 15) is 9.59 Å². The molecular formula is C24H34N6O2. The Bertz CT molecular complexity index is 950. The van der Waals surface area contributed by atoms with Crippen LogP contribution in [0.2, 0.25) is 0 Å². The molecule has 8 heteroatoms. The molecule has 2 aromatic rings. The van der Waals surface area contributed by atoms with Crippen molar-refractivity contribution in [3.05, 3.63) is 41.5 Å². The third-order valence-electron chi connectivity index (χ3n) is 6.72. The van der Waals surface area contributed by atoms with E-state index in [1.165, 1.54) is 6.42 Å². The lowest BCUT2D eigenvalue weighted by Crippen LogP contribution is -2.39. The van der Waals surface area contributed by atoms with Crippen LogP contribution in [0.5, 0.6) is 0 Å². The zero-order chi connectivity index (χ0) is 22.5. The van der Waals surface area contributed by atoms with Crippen molar-refractivity contribution in [2.75, 3.05) is 26.2 Å². The lowest BCUT2D eigenvalue weighted by atomic mass is 9.96. The molecule has 0 aliphatic carbocycles. The molecular weight excluding hydrogens is 404 g/mol. The number of amides is 2. The van der Waals surface area contributed by atoms with Crippen LogP contribution in [-0.2, 0) is 11.3 Å². The second-order valence-corrected chi connectivity index (χ2v) is 9.03. The van der Waals surface area contributed by atoms with Gasteiger partial charge in [0, 0.05) is 63.7 Å². The van der Waals surface area contributed by atoms with Gasteiger partial charge in [0.25, 0.3) is 5.91 Å². The van der Waals surface area contributed by atoms with Crippen molar-refractivity contribution in [1.29, 1.82) is 0 Å². The topological polar surface area (TPSA) is 84.2 Å². The Labute approximate surface area is 190 Å². The maximum Gasteiger partial charge on any atom is 0.257 e. The summed E-state index contributed by atoms with van der Waals surface area (Å²) in [7, 11) is 0. The SMILES string of the molecule is Cc1nc(C2CCCN(C(=O)CCCn3ccnc3C)C2)ncc1C(=O)N1CCCCC1. The van der Waals surface area contributed by atoms with E-state index in [2.05, 4.69) is 14.5 Å². The molecule has 32 heavy (non-hydrogen) atoms. The van der Waals surface area contributed by atoms with Gasteiger partial charge in [0.15, 0.2) is 0 Å². The van der Waals surface area contributed by atoms with Crippen LogP contribution in [-0.4, -0.2) is 67.3 Å². The van der Waals surface area contributed by atoms with Crippen molar-refractivity contribution >= 4 is 11.8 Å². The van der Waals surface area contributed by atoms with Crippen molar-refractivity contribution in [1.82, 2.24) is 29.3 Å². The molecule has 0 saturated carbocycles. The van der Waals surface area contributed by atoms with E-state index in [-0.39, 0.29) is 17.7 Å². The van der Waals surface area contributed by atoms with E-state index in [4.69, 9.17) is 4.98 Å². The minimum absolute atomic E-state index is 0.0438. The number of piperidine rings is 2. The maximum atomic E-state index is 12.8. The van der Waals surface area contributed by atoms with Gasteiger partial charge in [-0.15, -0.1) is 0 Å². The van der Waals surface area contributed by atoms with Crippen LogP contribution in [0.3, 0.4) is 0 Å². The lowest BCUT2D eigenvalue weighted by molar-refractivity contribution is -0.132. The maximum absolute atomic E-state index is 12.8. The van der Waals surface area contributed by atoms with Crippen molar-refractivity contribution in [2.45, 2.75) is 71.3 Å². The number of hydrogen-bond donors (Lipinski definition) is 0. The van der Waals surface area contributed by atoms with E-state index >= 15 is 0 Å². The predicted octanol–water partition coefficient (Wildman–Crippen LogP) is 3.10. The molecule has 2 fully saturated rings. The highest BCUT2D eigenvalue weighted by Gasteiger charge is 2.28. The number of rotatable bonds is 6. The van der Waals surface area contributed by atoms with E-state index in [1.807, 2.05) is 29.8 Å². The van der Waals surface area contributed by atoms with Gasteiger partial charge < -0.3 is 14.4 Å². The Morgan fingerprint density at radius 1 is 1.03 bits per heavy atom. The first-order valence-electron chi connectivity index (χ1n) is 11.9. The smallest absolute Gasteiger partial charge is 0.257 e. The first-order chi connectivity index (χ1) is 15.5. The molecule has 0 radical (unpaired) electrons. The van der Waals surface area contributed by atoms with Gasteiger partial charge in [-0.1, -0.05) is 0 Å². The summed E-state index contributed by atoms with van der Waals surface area (Å²) in [5.74, 6) is 2.10. The van der Waals surface area contributed by atoms with Crippen LogP contribution in [0.25, 0.3) is 0 Å². The summed E-state index contributed by atoms with van der Waals surface area (Å²) in [4.78, 5) is 43.0. The summed E-state index contributed by atoms with van der Waals surface area (Å²) in [5.41, 5.74) is 1.35. The number of nitrogens with zero attached hydrogens (tertiary/aromatic N) is 6. The monoisotopic (exact) mass is 438 g/mol. The summed E-state index contributed by atoms with van der Waals surface area (Å²) in [6.07, 6.45) is 12.0. The molecule has 8 nitrogen and oxygen atoms in total. The van der Waals surface area contributed by atoms with Crippen LogP contribution in [0.4, 0.5) is 0 Å². The van der Waals surface area contributed by atoms with Crippen molar-refractivity contribution in [2.24, 2.45) is 0 Å². The summed E-state index contributed by atoms with van der Waals surface area (Å²) >= 11 is 0. The molecule has 172 valence electrons. The zero-order valence-electron chi connectivity index (χ0n) is 19.3. The van der Waals surface area contributed by atoms with E-state index in [0.29, 0.717) is 18.5 Å². The van der Waals surface area contributed by atoms with Gasteiger partial charge in [0.2, 0.25) is 5.91 Å². The third kappa shape index (κ3) is 5.16. The average molecular weight is 439 g/mol. The van der Waals surface area contributed by atoms with E-state index < -0.39 is 0 Å². The summed E-state index contributed by atoms with van der Waals surface area (Å²) in [6, 6.07) is 0. The lowest BCUT2D eigenvalue weighted by Gasteiger charge is -2.32. The quantitative estimate of drug-likeness (QED) is 0.692. The van der Waals surface area contributed by atoms with Crippen LogP contribution < -0.4 is 0 Å². The molecule has 1 atom stereocenters. The Balaban J connectivity index is 1.34. The number of carbonyl (C=O) groups is 2. The molecule has 0 N–H and O–H groups in total. The molecule has 2 aromatic heterocycles. The number of carbonyl (C=O) groups excluding carboxylic acids is 2. The second kappa shape index (κ2) is 10.2. The summed E-state index contributed by atoms with van der Waals surface area (Å²) in [6.45, 7) is 7.77. The molecule has 4 rings (SSSR count). The molecule has 4 heterocycles. The Morgan fingerprint density at radius 3 is 2.53 bits per heavy atom. The number of hydrogen-bond acceptors (Lipinski definition) is 5. The number of aryl methyl sites for hydroxylation is 3. The van der Waals surface area contributed by atoms with E-state index in [1.54, 1.807) is 12.4 Å². The van der Waals surface area contributed by atoms with Crippen molar-refractivity contribution in [3.8, 4) is 0 Å². The molecule has 1 unspecified atom stereocenters. The van der Waals surface area contributed by atoms with Crippen LogP contribution in [0.15, 0.2) is 18.6 Å². The molecule has 2 aliphatic heterocycles. The Kier molecular flexibility index (Phi) is 7.17. The van der Waals surface area contributed by atoms with Gasteiger partial charge in [-0.25, -0.2) is 15.0 Å². The van der Waals surface area contributed by atoms with Gasteiger partial charge in [-0.3, -0.25) is 9.59 Å². The first kappa shape index (κ1) is 22.4. The molecule has 0 bridgehead atoms. The highest BCUT2D eigenvalue weighted by molar-refractivity contribution is 5.95.